The minimum Gasteiger partial charge on any atom is -0.443 e. The van der Waals surface area contributed by atoms with Crippen molar-refractivity contribution in [3.05, 3.63) is 59.0 Å². The summed E-state index contributed by atoms with van der Waals surface area (Å²) in [5.41, 5.74) is 1.81. The van der Waals surface area contributed by atoms with Crippen LogP contribution in [0.1, 0.15) is 31.6 Å². The second-order valence-corrected chi connectivity index (χ2v) is 6.80. The van der Waals surface area contributed by atoms with E-state index in [1.54, 1.807) is 12.1 Å². The van der Waals surface area contributed by atoms with Crippen molar-refractivity contribution >= 4 is 23.2 Å². The lowest BCUT2D eigenvalue weighted by molar-refractivity contribution is -0.136. The zero-order valence-electron chi connectivity index (χ0n) is 14.3. The van der Waals surface area contributed by atoms with Gasteiger partial charge in [-0.15, -0.1) is 0 Å². The third-order valence-electron chi connectivity index (χ3n) is 4.04. The number of hydrogen-bond acceptors (Lipinski definition) is 4. The van der Waals surface area contributed by atoms with Crippen molar-refractivity contribution in [1.29, 1.82) is 0 Å². The third kappa shape index (κ3) is 4.42. The molecule has 1 atom stereocenters. The first-order valence-electron chi connectivity index (χ1n) is 8.34. The largest absolute Gasteiger partial charge is 0.443 e. The van der Waals surface area contributed by atoms with Gasteiger partial charge in [0, 0.05) is 18.9 Å². The fraction of sp³-hybridized carbons (Fsp3) is 0.368. The van der Waals surface area contributed by atoms with Gasteiger partial charge in [0.05, 0.1) is 6.54 Å². The van der Waals surface area contributed by atoms with Gasteiger partial charge >= 0.3 is 0 Å². The molecule has 1 aromatic carbocycles. The van der Waals surface area contributed by atoms with E-state index in [9.17, 15) is 4.79 Å². The highest BCUT2D eigenvalue weighted by Crippen LogP contribution is 2.22. The smallest absolute Gasteiger partial charge is 0.225 e. The minimum absolute atomic E-state index is 0.0746. The fourth-order valence-corrected chi connectivity index (χ4v) is 2.93. The van der Waals surface area contributed by atoms with E-state index in [2.05, 4.69) is 5.16 Å². The normalized spacial score (nSPS) is 16.6. The molecule has 0 radical (unpaired) electrons. The Kier molecular flexibility index (Phi) is 5.43. The van der Waals surface area contributed by atoms with Crippen LogP contribution in [0.5, 0.6) is 0 Å². The number of hydrogen-bond donors (Lipinski definition) is 0. The first-order chi connectivity index (χ1) is 12.0. The Bertz CT molecular complexity index is 755. The highest BCUT2D eigenvalue weighted by atomic mass is 35.5. The van der Waals surface area contributed by atoms with Gasteiger partial charge in [-0.25, -0.2) is 0 Å². The molecule has 0 N–H and O–H groups in total. The standard InChI is InChI=1S/C19H21ClN2O3/c1-13(2)19(23)22(11-14-6-4-3-5-7-14)12-15-10-16(21-25-15)17-8-9-18(20)24-17/h3-9,13,15H,10-12H2,1-2H3/t15-/m0/s1. The third-order valence-corrected chi connectivity index (χ3v) is 4.24. The number of benzene rings is 1. The van der Waals surface area contributed by atoms with Crippen LogP contribution in [0.15, 0.2) is 52.0 Å². The van der Waals surface area contributed by atoms with Crippen LogP contribution >= 0.6 is 11.6 Å². The Hall–Kier alpha value is -2.27. The molecule has 25 heavy (non-hydrogen) atoms. The zero-order valence-corrected chi connectivity index (χ0v) is 15.1. The van der Waals surface area contributed by atoms with Crippen molar-refractivity contribution in [1.82, 2.24) is 4.90 Å². The molecule has 1 amide bonds. The van der Waals surface area contributed by atoms with Crippen LogP contribution in [0.2, 0.25) is 5.22 Å². The van der Waals surface area contributed by atoms with Crippen LogP contribution in [0.25, 0.3) is 0 Å². The predicted octanol–water partition coefficient (Wildman–Crippen LogP) is 4.11. The summed E-state index contributed by atoms with van der Waals surface area (Å²) in [5.74, 6) is 0.633. The number of furan rings is 1. The highest BCUT2D eigenvalue weighted by molar-refractivity contribution is 6.29. The second-order valence-electron chi connectivity index (χ2n) is 6.43. The molecule has 0 unspecified atom stereocenters. The van der Waals surface area contributed by atoms with Crippen LogP contribution < -0.4 is 0 Å². The molecule has 2 aromatic rings. The molecule has 1 aliphatic heterocycles. The van der Waals surface area contributed by atoms with Crippen LogP contribution in [0.4, 0.5) is 0 Å². The summed E-state index contributed by atoms with van der Waals surface area (Å²) >= 11 is 5.81. The maximum absolute atomic E-state index is 12.6. The molecule has 0 spiro atoms. The summed E-state index contributed by atoms with van der Waals surface area (Å²) in [6.45, 7) is 4.85. The van der Waals surface area contributed by atoms with Crippen molar-refractivity contribution in [2.24, 2.45) is 11.1 Å². The summed E-state index contributed by atoms with van der Waals surface area (Å²) in [7, 11) is 0. The number of carbonyl (C=O) groups is 1. The Morgan fingerprint density at radius 1 is 1.28 bits per heavy atom. The lowest BCUT2D eigenvalue weighted by atomic mass is 10.1. The molecule has 6 heteroatoms. The molecule has 0 bridgehead atoms. The van der Waals surface area contributed by atoms with Crippen molar-refractivity contribution in [2.45, 2.75) is 32.9 Å². The molecule has 132 valence electrons. The number of oxime groups is 1. The van der Waals surface area contributed by atoms with Gasteiger partial charge in [-0.3, -0.25) is 4.79 Å². The summed E-state index contributed by atoms with van der Waals surface area (Å²) < 4.78 is 5.38. The molecule has 0 fully saturated rings. The van der Waals surface area contributed by atoms with E-state index in [1.807, 2.05) is 49.1 Å². The first-order valence-corrected chi connectivity index (χ1v) is 8.72. The van der Waals surface area contributed by atoms with Gasteiger partial charge in [0.1, 0.15) is 5.71 Å². The van der Waals surface area contributed by atoms with Gasteiger partial charge in [0.25, 0.3) is 0 Å². The van der Waals surface area contributed by atoms with E-state index in [4.69, 9.17) is 20.9 Å². The Morgan fingerprint density at radius 2 is 2.04 bits per heavy atom. The fourth-order valence-electron chi connectivity index (χ4n) is 2.79. The Labute approximate surface area is 152 Å². The summed E-state index contributed by atoms with van der Waals surface area (Å²) in [6.07, 6.45) is 0.394. The molecule has 2 heterocycles. The number of amides is 1. The summed E-state index contributed by atoms with van der Waals surface area (Å²) in [6, 6.07) is 13.4. The molecule has 1 aliphatic rings. The van der Waals surface area contributed by atoms with Gasteiger partial charge < -0.3 is 14.2 Å². The van der Waals surface area contributed by atoms with Crippen LogP contribution in [0, 0.1) is 5.92 Å². The number of nitrogens with zero attached hydrogens (tertiary/aromatic N) is 2. The van der Waals surface area contributed by atoms with Crippen LogP contribution in [0.3, 0.4) is 0 Å². The quantitative estimate of drug-likeness (QED) is 0.778. The monoisotopic (exact) mass is 360 g/mol. The van der Waals surface area contributed by atoms with Crippen molar-refractivity contribution in [3.63, 3.8) is 0 Å². The van der Waals surface area contributed by atoms with Crippen LogP contribution in [-0.2, 0) is 16.2 Å². The first kappa shape index (κ1) is 17.5. The lowest BCUT2D eigenvalue weighted by Crippen LogP contribution is -2.39. The second kappa shape index (κ2) is 7.74. The average molecular weight is 361 g/mol. The van der Waals surface area contributed by atoms with Crippen molar-refractivity contribution in [3.8, 4) is 0 Å². The molecule has 0 saturated carbocycles. The topological polar surface area (TPSA) is 55.0 Å². The number of rotatable bonds is 6. The molecule has 0 aliphatic carbocycles. The van der Waals surface area contributed by atoms with Gasteiger partial charge in [-0.1, -0.05) is 49.3 Å². The molecular weight excluding hydrogens is 340 g/mol. The molecule has 3 rings (SSSR count). The van der Waals surface area contributed by atoms with Gasteiger partial charge in [-0.05, 0) is 29.3 Å². The Balaban J connectivity index is 1.66. The Morgan fingerprint density at radius 3 is 2.68 bits per heavy atom. The van der Waals surface area contributed by atoms with Crippen LogP contribution in [-0.4, -0.2) is 29.2 Å². The molecule has 5 nitrogen and oxygen atoms in total. The van der Waals surface area contributed by atoms with Gasteiger partial charge in [0.15, 0.2) is 17.1 Å². The number of carbonyl (C=O) groups excluding carboxylic acids is 1. The van der Waals surface area contributed by atoms with Crippen molar-refractivity contribution in [2.75, 3.05) is 6.54 Å². The highest BCUT2D eigenvalue weighted by Gasteiger charge is 2.29. The zero-order chi connectivity index (χ0) is 17.8. The van der Waals surface area contributed by atoms with E-state index in [-0.39, 0.29) is 17.9 Å². The van der Waals surface area contributed by atoms with Crippen molar-refractivity contribution < 1.29 is 14.0 Å². The summed E-state index contributed by atoms with van der Waals surface area (Å²) in [4.78, 5) is 19.9. The van der Waals surface area contributed by atoms with Gasteiger partial charge in [0.2, 0.25) is 5.91 Å². The summed E-state index contributed by atoms with van der Waals surface area (Å²) in [5, 5.41) is 4.41. The van der Waals surface area contributed by atoms with Gasteiger partial charge in [-0.2, -0.15) is 0 Å². The minimum atomic E-state index is -0.190. The molecule has 1 aromatic heterocycles. The maximum atomic E-state index is 12.6. The van der Waals surface area contributed by atoms with E-state index in [1.165, 1.54) is 0 Å². The molecular formula is C19H21ClN2O3. The SMILES string of the molecule is CC(C)C(=O)N(Cc1ccccc1)C[C@@H]1CC(c2ccc(Cl)o2)=NO1. The van der Waals surface area contributed by atoms with E-state index < -0.39 is 0 Å². The predicted molar refractivity (Wildman–Crippen MR) is 96.4 cm³/mol. The molecule has 0 saturated heterocycles. The average Bonchev–Trinajstić information content (AvgIpc) is 3.23. The number of halogens is 1. The van der Waals surface area contributed by atoms with E-state index in [0.717, 1.165) is 5.56 Å². The lowest BCUT2D eigenvalue weighted by Gasteiger charge is -2.26. The van der Waals surface area contributed by atoms with E-state index in [0.29, 0.717) is 36.2 Å². The van der Waals surface area contributed by atoms with E-state index >= 15 is 0 Å². The maximum Gasteiger partial charge on any atom is 0.225 e.